The summed E-state index contributed by atoms with van der Waals surface area (Å²) in [5.41, 5.74) is -0.516. The molecule has 0 aliphatic heterocycles. The predicted molar refractivity (Wildman–Crippen MR) is 66.7 cm³/mol. The number of alkyl halides is 3. The van der Waals surface area contributed by atoms with Crippen molar-refractivity contribution < 1.29 is 23.0 Å². The van der Waals surface area contributed by atoms with E-state index in [-0.39, 0.29) is 5.56 Å². The topological polar surface area (TPSA) is 29.5 Å². The first-order valence-electron chi connectivity index (χ1n) is 6.37. The zero-order valence-corrected chi connectivity index (χ0v) is 11.1. The van der Waals surface area contributed by atoms with Gasteiger partial charge < -0.3 is 9.84 Å². The third kappa shape index (κ3) is 4.51. The van der Waals surface area contributed by atoms with E-state index in [1.807, 2.05) is 6.92 Å². The number of aliphatic hydroxyl groups is 1. The molecule has 1 rings (SSSR count). The molecule has 2 atom stereocenters. The summed E-state index contributed by atoms with van der Waals surface area (Å²) >= 11 is 0. The quantitative estimate of drug-likeness (QED) is 0.852. The van der Waals surface area contributed by atoms with E-state index in [9.17, 15) is 18.3 Å². The second-order valence-corrected chi connectivity index (χ2v) is 4.35. The zero-order valence-electron chi connectivity index (χ0n) is 11.1. The van der Waals surface area contributed by atoms with Gasteiger partial charge in [0.1, 0.15) is 6.10 Å². The Balaban J connectivity index is 2.94. The summed E-state index contributed by atoms with van der Waals surface area (Å²) in [4.78, 5) is 0. The van der Waals surface area contributed by atoms with Crippen molar-refractivity contribution in [1.82, 2.24) is 0 Å². The van der Waals surface area contributed by atoms with Crippen LogP contribution in [-0.2, 0) is 10.9 Å². The van der Waals surface area contributed by atoms with Crippen LogP contribution in [0.25, 0.3) is 0 Å². The summed E-state index contributed by atoms with van der Waals surface area (Å²) in [5.74, 6) is 0. The van der Waals surface area contributed by atoms with Crippen molar-refractivity contribution >= 4 is 0 Å². The Bertz CT molecular complexity index is 385. The molecule has 5 heteroatoms. The molecule has 0 saturated heterocycles. The highest BCUT2D eigenvalue weighted by Crippen LogP contribution is 2.32. The Morgan fingerprint density at radius 3 is 2.47 bits per heavy atom. The fraction of sp³-hybridized carbons (Fsp3) is 0.571. The molecule has 0 spiro atoms. The van der Waals surface area contributed by atoms with E-state index < -0.39 is 23.9 Å². The Morgan fingerprint density at radius 1 is 1.26 bits per heavy atom. The summed E-state index contributed by atoms with van der Waals surface area (Å²) in [5, 5.41) is 10.1. The summed E-state index contributed by atoms with van der Waals surface area (Å²) < 4.78 is 43.2. The molecular weight excluding hydrogens is 257 g/mol. The van der Waals surface area contributed by atoms with Gasteiger partial charge in [0.05, 0.1) is 11.7 Å². The van der Waals surface area contributed by atoms with Crippen LogP contribution in [0.3, 0.4) is 0 Å². The van der Waals surface area contributed by atoms with Crippen LogP contribution < -0.4 is 0 Å². The standard InChI is InChI=1S/C14H19F3O2/c1-3-6-12(19-4-2)13(18)10-7-5-8-11(9-10)14(15,16)17/h5,7-9,12-13,18H,3-4,6H2,1-2H3. The minimum atomic E-state index is -4.40. The first-order valence-corrected chi connectivity index (χ1v) is 6.37. The summed E-state index contributed by atoms with van der Waals surface area (Å²) in [6.07, 6.45) is -4.52. The molecule has 0 bridgehead atoms. The lowest BCUT2D eigenvalue weighted by molar-refractivity contribution is -0.137. The van der Waals surface area contributed by atoms with Gasteiger partial charge in [-0.15, -0.1) is 0 Å². The van der Waals surface area contributed by atoms with Crippen LogP contribution in [0.15, 0.2) is 24.3 Å². The number of rotatable bonds is 6. The SMILES string of the molecule is CCCC(OCC)C(O)c1cccc(C(F)(F)F)c1. The summed E-state index contributed by atoms with van der Waals surface area (Å²) in [6.45, 7) is 4.15. The highest BCUT2D eigenvalue weighted by atomic mass is 19.4. The molecule has 0 aliphatic rings. The van der Waals surface area contributed by atoms with Gasteiger partial charge in [-0.1, -0.05) is 25.5 Å². The van der Waals surface area contributed by atoms with Crippen LogP contribution in [-0.4, -0.2) is 17.8 Å². The van der Waals surface area contributed by atoms with Gasteiger partial charge in [0.15, 0.2) is 0 Å². The number of hydrogen-bond donors (Lipinski definition) is 1. The van der Waals surface area contributed by atoms with Crippen molar-refractivity contribution in [2.24, 2.45) is 0 Å². The monoisotopic (exact) mass is 276 g/mol. The molecule has 2 unspecified atom stereocenters. The molecule has 1 aromatic rings. The maximum Gasteiger partial charge on any atom is 0.416 e. The second kappa shape index (κ2) is 6.91. The van der Waals surface area contributed by atoms with Crippen LogP contribution in [0.4, 0.5) is 13.2 Å². The normalized spacial score (nSPS) is 15.3. The molecule has 1 aromatic carbocycles. The van der Waals surface area contributed by atoms with Gasteiger partial charge in [-0.25, -0.2) is 0 Å². The molecule has 0 heterocycles. The molecule has 0 fully saturated rings. The lowest BCUT2D eigenvalue weighted by Gasteiger charge is -2.23. The van der Waals surface area contributed by atoms with E-state index in [1.54, 1.807) is 6.92 Å². The van der Waals surface area contributed by atoms with Gasteiger partial charge in [0, 0.05) is 6.61 Å². The van der Waals surface area contributed by atoms with Crippen LogP contribution in [0.1, 0.15) is 43.9 Å². The molecular formula is C14H19F3O2. The Kier molecular flexibility index (Phi) is 5.82. The molecule has 19 heavy (non-hydrogen) atoms. The third-order valence-corrected chi connectivity index (χ3v) is 2.86. The lowest BCUT2D eigenvalue weighted by Crippen LogP contribution is -2.22. The van der Waals surface area contributed by atoms with Gasteiger partial charge in [-0.2, -0.15) is 13.2 Å². The second-order valence-electron chi connectivity index (χ2n) is 4.35. The molecule has 2 nitrogen and oxygen atoms in total. The average Bonchev–Trinajstić information content (AvgIpc) is 2.37. The molecule has 0 aliphatic carbocycles. The van der Waals surface area contributed by atoms with E-state index in [2.05, 4.69) is 0 Å². The predicted octanol–water partition coefficient (Wildman–Crippen LogP) is 3.94. The van der Waals surface area contributed by atoms with Crippen molar-refractivity contribution in [2.45, 2.75) is 45.1 Å². The minimum absolute atomic E-state index is 0.238. The van der Waals surface area contributed by atoms with Gasteiger partial charge in [0.25, 0.3) is 0 Å². The number of benzene rings is 1. The van der Waals surface area contributed by atoms with Crippen molar-refractivity contribution in [3.05, 3.63) is 35.4 Å². The number of ether oxygens (including phenoxy) is 1. The number of halogens is 3. The van der Waals surface area contributed by atoms with Gasteiger partial charge in [-0.05, 0) is 31.0 Å². The minimum Gasteiger partial charge on any atom is -0.386 e. The Morgan fingerprint density at radius 2 is 1.95 bits per heavy atom. The van der Waals surface area contributed by atoms with Crippen LogP contribution in [0.5, 0.6) is 0 Å². The maximum atomic E-state index is 12.6. The van der Waals surface area contributed by atoms with E-state index in [4.69, 9.17) is 4.74 Å². The fourth-order valence-corrected chi connectivity index (χ4v) is 1.94. The molecule has 0 amide bonds. The molecule has 1 N–H and O–H groups in total. The lowest BCUT2D eigenvalue weighted by atomic mass is 9.99. The van der Waals surface area contributed by atoms with E-state index in [0.29, 0.717) is 13.0 Å². The van der Waals surface area contributed by atoms with Crippen molar-refractivity contribution in [3.8, 4) is 0 Å². The highest BCUT2D eigenvalue weighted by Gasteiger charge is 2.31. The zero-order chi connectivity index (χ0) is 14.5. The average molecular weight is 276 g/mol. The summed E-state index contributed by atoms with van der Waals surface area (Å²) in [6, 6.07) is 4.76. The van der Waals surface area contributed by atoms with Crippen LogP contribution in [0, 0.1) is 0 Å². The van der Waals surface area contributed by atoms with Gasteiger partial charge >= 0.3 is 6.18 Å². The first-order chi connectivity index (χ1) is 8.90. The molecule has 0 radical (unpaired) electrons. The third-order valence-electron chi connectivity index (χ3n) is 2.86. The van der Waals surface area contributed by atoms with Crippen molar-refractivity contribution in [1.29, 1.82) is 0 Å². The molecule has 0 saturated carbocycles. The Labute approximate surface area is 111 Å². The number of hydrogen-bond acceptors (Lipinski definition) is 2. The van der Waals surface area contributed by atoms with E-state index in [1.165, 1.54) is 12.1 Å². The smallest absolute Gasteiger partial charge is 0.386 e. The molecule has 108 valence electrons. The van der Waals surface area contributed by atoms with E-state index in [0.717, 1.165) is 18.6 Å². The van der Waals surface area contributed by atoms with Crippen LogP contribution in [0.2, 0.25) is 0 Å². The summed E-state index contributed by atoms with van der Waals surface area (Å²) in [7, 11) is 0. The Hall–Kier alpha value is -1.07. The highest BCUT2D eigenvalue weighted by molar-refractivity contribution is 5.27. The van der Waals surface area contributed by atoms with Crippen molar-refractivity contribution in [2.75, 3.05) is 6.61 Å². The first kappa shape index (κ1) is 16.0. The fourth-order valence-electron chi connectivity index (χ4n) is 1.94. The number of aliphatic hydroxyl groups excluding tert-OH is 1. The van der Waals surface area contributed by atoms with Gasteiger partial charge in [0.2, 0.25) is 0 Å². The van der Waals surface area contributed by atoms with Gasteiger partial charge in [-0.3, -0.25) is 0 Å². The van der Waals surface area contributed by atoms with E-state index >= 15 is 0 Å². The van der Waals surface area contributed by atoms with Crippen LogP contribution >= 0.6 is 0 Å². The molecule has 0 aromatic heterocycles. The van der Waals surface area contributed by atoms with Crippen molar-refractivity contribution in [3.63, 3.8) is 0 Å². The largest absolute Gasteiger partial charge is 0.416 e. The maximum absolute atomic E-state index is 12.6.